The normalized spacial score (nSPS) is 10.6. The van der Waals surface area contributed by atoms with Crippen molar-refractivity contribution < 1.29 is 14.3 Å². The number of aromatic amines is 2. The molecule has 0 spiro atoms. The number of fused-ring (bicyclic) bond motifs is 1. The second-order valence-electron chi connectivity index (χ2n) is 6.50. The van der Waals surface area contributed by atoms with E-state index in [0.717, 1.165) is 5.56 Å². The number of carbonyl (C=O) groups excluding carboxylic acids is 1. The highest BCUT2D eigenvalue weighted by Crippen LogP contribution is 2.21. The van der Waals surface area contributed by atoms with Crippen LogP contribution in [-0.2, 0) is 13.0 Å². The van der Waals surface area contributed by atoms with E-state index in [0.29, 0.717) is 28.1 Å². The van der Waals surface area contributed by atoms with Gasteiger partial charge >= 0.3 is 6.01 Å². The van der Waals surface area contributed by atoms with Crippen molar-refractivity contribution in [2.24, 2.45) is 0 Å². The van der Waals surface area contributed by atoms with Crippen LogP contribution in [0.2, 0.25) is 0 Å². The molecule has 4 aromatic rings. The molecule has 162 valence electrons. The highest BCUT2D eigenvalue weighted by molar-refractivity contribution is 7.16. The summed E-state index contributed by atoms with van der Waals surface area (Å²) >= 11 is 1.23. The number of nitrogens with one attached hydrogen (secondary N) is 3. The van der Waals surface area contributed by atoms with Crippen molar-refractivity contribution in [3.63, 3.8) is 0 Å². The van der Waals surface area contributed by atoms with E-state index in [2.05, 4.69) is 30.5 Å². The van der Waals surface area contributed by atoms with Crippen LogP contribution in [0.5, 0.6) is 11.8 Å². The Morgan fingerprint density at radius 1 is 1.28 bits per heavy atom. The molecule has 0 radical (unpaired) electrons. The van der Waals surface area contributed by atoms with Crippen LogP contribution in [-0.4, -0.2) is 44.3 Å². The minimum atomic E-state index is -0.509. The molecule has 0 fully saturated rings. The molecule has 0 aliphatic rings. The maximum atomic E-state index is 12.5. The first kappa shape index (κ1) is 21.0. The Labute approximate surface area is 185 Å². The molecule has 1 amide bonds. The van der Waals surface area contributed by atoms with Crippen molar-refractivity contribution in [3.8, 4) is 17.8 Å². The molecule has 0 bridgehead atoms. The molecule has 4 rings (SSSR count). The smallest absolute Gasteiger partial charge is 0.335 e. The summed E-state index contributed by atoms with van der Waals surface area (Å²) in [6.07, 6.45) is 1.53. The first-order chi connectivity index (χ1) is 15.6. The Morgan fingerprint density at radius 2 is 2.16 bits per heavy atom. The summed E-state index contributed by atoms with van der Waals surface area (Å²) in [6, 6.07) is 9.49. The summed E-state index contributed by atoms with van der Waals surface area (Å²) in [5.74, 6) is 0.0294. The minimum absolute atomic E-state index is 0.0793. The molecule has 32 heavy (non-hydrogen) atoms. The first-order valence-electron chi connectivity index (χ1n) is 9.50. The van der Waals surface area contributed by atoms with Crippen molar-refractivity contribution in [1.82, 2.24) is 30.5 Å². The molecule has 0 unspecified atom stereocenters. The van der Waals surface area contributed by atoms with Crippen LogP contribution in [0, 0.1) is 11.3 Å². The quantitative estimate of drug-likeness (QED) is 0.323. The average molecular weight is 451 g/mol. The lowest BCUT2D eigenvalue weighted by atomic mass is 10.2. The standard InChI is InChI=1S/C20H17N7O4S/c21-5-4-13-10-32-19-15(13)17(28)25-16(26-19)18(29)22-9-12-2-1-3-14(8-12)30-6-7-31-20-23-11-24-27-20/h1-3,8,10-11H,4,6-7,9H2,(H,22,29)(H,23,24,27)(H,25,26,28). The lowest BCUT2D eigenvalue weighted by molar-refractivity contribution is 0.0940. The predicted octanol–water partition coefficient (Wildman–Crippen LogP) is 1.56. The van der Waals surface area contributed by atoms with Crippen LogP contribution < -0.4 is 20.3 Å². The van der Waals surface area contributed by atoms with Crippen LogP contribution >= 0.6 is 11.3 Å². The number of benzene rings is 1. The molecule has 12 heteroatoms. The molecule has 3 N–H and O–H groups in total. The number of nitriles is 1. The van der Waals surface area contributed by atoms with Crippen molar-refractivity contribution in [2.75, 3.05) is 13.2 Å². The fourth-order valence-electron chi connectivity index (χ4n) is 2.90. The van der Waals surface area contributed by atoms with Gasteiger partial charge in [-0.2, -0.15) is 10.2 Å². The molecule has 0 aliphatic heterocycles. The number of carbonyl (C=O) groups is 1. The van der Waals surface area contributed by atoms with Gasteiger partial charge in [-0.05, 0) is 28.6 Å². The highest BCUT2D eigenvalue weighted by atomic mass is 32.1. The highest BCUT2D eigenvalue weighted by Gasteiger charge is 2.15. The summed E-state index contributed by atoms with van der Waals surface area (Å²) in [7, 11) is 0. The SMILES string of the molecule is N#CCc1csc2nc(C(=O)NCc3cccc(OCCOc4nc[nH]n4)c3)[nH]c(=O)c12. The Morgan fingerprint density at radius 3 is 2.97 bits per heavy atom. The molecule has 0 saturated heterocycles. The fraction of sp³-hybridized carbons (Fsp3) is 0.200. The van der Waals surface area contributed by atoms with Gasteiger partial charge in [0.25, 0.3) is 11.5 Å². The van der Waals surface area contributed by atoms with Crippen LogP contribution in [0.25, 0.3) is 10.2 Å². The molecule has 0 aliphatic carbocycles. The van der Waals surface area contributed by atoms with Gasteiger partial charge in [-0.3, -0.25) is 14.7 Å². The van der Waals surface area contributed by atoms with Crippen LogP contribution in [0.1, 0.15) is 21.7 Å². The zero-order chi connectivity index (χ0) is 22.3. The van der Waals surface area contributed by atoms with Crippen LogP contribution in [0.4, 0.5) is 0 Å². The van der Waals surface area contributed by atoms with Crippen molar-refractivity contribution in [2.45, 2.75) is 13.0 Å². The molecule has 3 aromatic heterocycles. The Balaban J connectivity index is 1.34. The van der Waals surface area contributed by atoms with E-state index in [1.54, 1.807) is 17.5 Å². The molecule has 1 aromatic carbocycles. The van der Waals surface area contributed by atoms with Crippen LogP contribution in [0.3, 0.4) is 0 Å². The average Bonchev–Trinajstić information content (AvgIpc) is 3.46. The van der Waals surface area contributed by atoms with Gasteiger partial charge in [0.1, 0.15) is 30.1 Å². The van der Waals surface area contributed by atoms with Crippen molar-refractivity contribution in [1.29, 1.82) is 5.26 Å². The Hall–Kier alpha value is -4.24. The van der Waals surface area contributed by atoms with E-state index in [1.165, 1.54) is 17.7 Å². The van der Waals surface area contributed by atoms with E-state index in [9.17, 15) is 9.59 Å². The number of rotatable bonds is 9. The van der Waals surface area contributed by atoms with Gasteiger partial charge in [0.2, 0.25) is 5.82 Å². The fourth-order valence-corrected chi connectivity index (χ4v) is 3.84. The third-order valence-electron chi connectivity index (χ3n) is 4.33. The topological polar surface area (TPSA) is 159 Å². The van der Waals surface area contributed by atoms with Crippen LogP contribution in [0.15, 0.2) is 40.8 Å². The lowest BCUT2D eigenvalue weighted by Gasteiger charge is -2.09. The van der Waals surface area contributed by atoms with E-state index in [-0.39, 0.29) is 31.4 Å². The van der Waals surface area contributed by atoms with Gasteiger partial charge in [0.15, 0.2) is 0 Å². The van der Waals surface area contributed by atoms with E-state index in [1.807, 2.05) is 18.2 Å². The predicted molar refractivity (Wildman–Crippen MR) is 115 cm³/mol. The van der Waals surface area contributed by atoms with E-state index in [4.69, 9.17) is 14.7 Å². The van der Waals surface area contributed by atoms with Gasteiger partial charge in [-0.15, -0.1) is 16.4 Å². The zero-order valence-corrected chi connectivity index (χ0v) is 17.4. The van der Waals surface area contributed by atoms with Gasteiger partial charge in [0, 0.05) is 6.54 Å². The molecule has 3 heterocycles. The molecular formula is C20H17N7O4S. The number of aromatic nitrogens is 5. The Kier molecular flexibility index (Phi) is 6.38. The second kappa shape index (κ2) is 9.71. The summed E-state index contributed by atoms with van der Waals surface area (Å²) in [5.41, 5.74) is 0.979. The number of amides is 1. The summed E-state index contributed by atoms with van der Waals surface area (Å²) < 4.78 is 10.9. The number of hydrogen-bond acceptors (Lipinski definition) is 9. The zero-order valence-electron chi connectivity index (χ0n) is 16.6. The summed E-state index contributed by atoms with van der Waals surface area (Å²) in [4.78, 5) is 35.9. The van der Waals surface area contributed by atoms with Gasteiger partial charge < -0.3 is 19.8 Å². The lowest BCUT2D eigenvalue weighted by Crippen LogP contribution is -2.27. The maximum Gasteiger partial charge on any atom is 0.335 e. The third kappa shape index (κ3) is 4.90. The Bertz CT molecular complexity index is 1320. The summed E-state index contributed by atoms with van der Waals surface area (Å²) in [5, 5.41) is 20.0. The first-order valence-corrected chi connectivity index (χ1v) is 10.4. The van der Waals surface area contributed by atoms with Crippen molar-refractivity contribution >= 4 is 27.5 Å². The molecule has 0 saturated carbocycles. The monoisotopic (exact) mass is 451 g/mol. The molecule has 0 atom stereocenters. The number of thiophene rings is 1. The van der Waals surface area contributed by atoms with Gasteiger partial charge in [-0.1, -0.05) is 12.1 Å². The number of nitrogens with zero attached hydrogens (tertiary/aromatic N) is 4. The van der Waals surface area contributed by atoms with E-state index >= 15 is 0 Å². The summed E-state index contributed by atoms with van der Waals surface area (Å²) in [6.45, 7) is 0.791. The minimum Gasteiger partial charge on any atom is -0.490 e. The maximum absolute atomic E-state index is 12.5. The molecular weight excluding hydrogens is 434 g/mol. The molecule has 11 nitrogen and oxygen atoms in total. The second-order valence-corrected chi connectivity index (χ2v) is 7.36. The number of H-pyrrole nitrogens is 2. The van der Waals surface area contributed by atoms with Gasteiger partial charge in [-0.25, -0.2) is 4.98 Å². The van der Waals surface area contributed by atoms with Gasteiger partial charge in [0.05, 0.1) is 17.9 Å². The third-order valence-corrected chi connectivity index (χ3v) is 5.25. The van der Waals surface area contributed by atoms with E-state index < -0.39 is 11.5 Å². The largest absolute Gasteiger partial charge is 0.490 e. The van der Waals surface area contributed by atoms with Crippen molar-refractivity contribution in [3.05, 3.63) is 63.3 Å². The number of hydrogen-bond donors (Lipinski definition) is 3. The number of ether oxygens (including phenoxy) is 2.